The molecule has 48 heavy (non-hydrogen) atoms. The summed E-state index contributed by atoms with van der Waals surface area (Å²) in [5.41, 5.74) is 3.74. The Kier molecular flexibility index (Phi) is 10.0. The Labute approximate surface area is 297 Å². The molecule has 2 aliphatic heterocycles. The Morgan fingerprint density at radius 1 is 0.604 bits per heavy atom. The van der Waals surface area contributed by atoms with E-state index in [9.17, 15) is 0 Å². The van der Waals surface area contributed by atoms with Crippen LogP contribution in [0.4, 0.5) is 0 Å². The smallest absolute Gasteiger partial charge is 0.180 e. The molecule has 0 unspecified atom stereocenters. The summed E-state index contributed by atoms with van der Waals surface area (Å²) in [5.74, 6) is 4.52. The molecule has 0 saturated heterocycles. The van der Waals surface area contributed by atoms with Crippen LogP contribution in [0, 0.1) is 0 Å². The molecule has 2 aliphatic rings. The van der Waals surface area contributed by atoms with Crippen LogP contribution in [0.25, 0.3) is 43.9 Å². The van der Waals surface area contributed by atoms with Crippen molar-refractivity contribution in [3.8, 4) is 66.9 Å². The Morgan fingerprint density at radius 2 is 1.08 bits per heavy atom. The van der Waals surface area contributed by atoms with Gasteiger partial charge in [0.1, 0.15) is 26.4 Å². The first-order valence-electron chi connectivity index (χ1n) is 14.6. The second-order valence-corrected chi connectivity index (χ2v) is 11.8. The summed E-state index contributed by atoms with van der Waals surface area (Å²) in [6, 6.07) is 17.4. The number of nitrogens with zero attached hydrogens (tertiary/aromatic N) is 7. The molecule has 0 fully saturated rings. The van der Waals surface area contributed by atoms with Gasteiger partial charge in [-0.15, -0.1) is 22.7 Å². The minimum Gasteiger partial charge on any atom is -0.485 e. The fourth-order valence-corrected chi connectivity index (χ4v) is 6.77. The van der Waals surface area contributed by atoms with Crippen LogP contribution in [0.2, 0.25) is 0 Å². The molecule has 9 heterocycles. The standard InChI is InChI=1S/C23H17N5O4S2.C10H8N2.ClH.Ru/c1-2-18(27-10-14(8-24-27)22-20-16(12-33-22)29-4-6-31-20)26-19(3-1)28-11-15(9-25-28)23-21-17(13-34-23)30-5-7-32-21;1-3-7-11-9(5-1)10-6-2-4-8-12-10;;/h1-3,8-13H,4-7H2;1-8H;1H;/q;;;+1/p-1. The number of hydrogen-bond donors (Lipinski definition) is 0. The summed E-state index contributed by atoms with van der Waals surface area (Å²) in [7, 11) is 4.57. The number of hydrogen-bond acceptors (Lipinski definition) is 11. The van der Waals surface area contributed by atoms with Gasteiger partial charge >= 0.3 is 27.0 Å². The van der Waals surface area contributed by atoms with E-state index in [-0.39, 0.29) is 0 Å². The van der Waals surface area contributed by atoms with Gasteiger partial charge in [-0.3, -0.25) is 9.97 Å². The first-order valence-corrected chi connectivity index (χ1v) is 18.6. The van der Waals surface area contributed by atoms with Gasteiger partial charge in [0.15, 0.2) is 34.6 Å². The molecule has 243 valence electrons. The number of ether oxygens (including phenoxy) is 4. The van der Waals surface area contributed by atoms with Gasteiger partial charge in [0.2, 0.25) is 0 Å². The summed E-state index contributed by atoms with van der Waals surface area (Å²) in [5, 5.41) is 13.0. The van der Waals surface area contributed by atoms with Gasteiger partial charge in [0.25, 0.3) is 0 Å². The molecule has 15 heteroatoms. The van der Waals surface area contributed by atoms with E-state index < -0.39 is 0 Å². The van der Waals surface area contributed by atoms with E-state index in [1.54, 1.807) is 44.4 Å². The third-order valence-electron chi connectivity index (χ3n) is 7.07. The molecule has 0 spiro atoms. The Balaban J connectivity index is 0.000000219. The van der Waals surface area contributed by atoms with Crippen molar-refractivity contribution >= 4 is 32.4 Å². The predicted molar refractivity (Wildman–Crippen MR) is 180 cm³/mol. The zero-order chi connectivity index (χ0) is 32.7. The average Bonchev–Trinajstić information content (AvgIpc) is 4.00. The average molecular weight is 784 g/mol. The van der Waals surface area contributed by atoms with E-state index in [1.807, 2.05) is 107 Å². The summed E-state index contributed by atoms with van der Waals surface area (Å²) in [6.07, 6.45) is 11.0. The molecule has 0 amide bonds. The molecule has 9 rings (SSSR count). The van der Waals surface area contributed by atoms with Gasteiger partial charge in [-0.1, -0.05) is 18.2 Å². The number of halogens is 1. The fourth-order valence-electron chi connectivity index (χ4n) is 4.95. The first-order chi connectivity index (χ1) is 23.8. The van der Waals surface area contributed by atoms with Crippen molar-refractivity contribution in [2.24, 2.45) is 0 Å². The van der Waals surface area contributed by atoms with Crippen LogP contribution >= 0.6 is 32.4 Å². The summed E-state index contributed by atoms with van der Waals surface area (Å²) in [6.45, 7) is 2.25. The zero-order valence-electron chi connectivity index (χ0n) is 25.0. The topological polar surface area (TPSA) is 111 Å². The maximum Gasteiger partial charge on any atom is 0.180 e. The summed E-state index contributed by atoms with van der Waals surface area (Å²) < 4.78 is 26.5. The molecule has 0 N–H and O–H groups in total. The number of rotatable bonds is 5. The summed E-state index contributed by atoms with van der Waals surface area (Å²) in [4.78, 5) is 15.1. The molecule has 7 aromatic rings. The Bertz CT molecular complexity index is 1960. The van der Waals surface area contributed by atoms with Crippen molar-refractivity contribution in [2.75, 3.05) is 26.4 Å². The van der Waals surface area contributed by atoms with Crippen LogP contribution < -0.4 is 18.9 Å². The summed E-state index contributed by atoms with van der Waals surface area (Å²) >= 11 is 4.99. The second-order valence-electron chi connectivity index (χ2n) is 10.0. The van der Waals surface area contributed by atoms with Crippen molar-refractivity contribution in [2.45, 2.75) is 0 Å². The minimum atomic E-state index is 0.549. The van der Waals surface area contributed by atoms with E-state index in [4.69, 9.17) is 23.9 Å². The second kappa shape index (κ2) is 15.1. The molecular weight excluding hydrogens is 759 g/mol. The van der Waals surface area contributed by atoms with Crippen LogP contribution in [0.1, 0.15) is 0 Å². The number of fused-ring (bicyclic) bond motifs is 2. The monoisotopic (exact) mass is 784 g/mol. The van der Waals surface area contributed by atoms with Crippen molar-refractivity contribution in [1.82, 2.24) is 34.5 Å². The Morgan fingerprint density at radius 3 is 1.54 bits per heavy atom. The molecule has 0 aromatic carbocycles. The van der Waals surface area contributed by atoms with Crippen LogP contribution in [0.15, 0.2) is 103 Å². The third kappa shape index (κ3) is 6.83. The maximum absolute atomic E-state index is 5.81. The molecule has 0 saturated carbocycles. The quantitative estimate of drug-likeness (QED) is 0.166. The van der Waals surface area contributed by atoms with E-state index >= 15 is 0 Å². The van der Waals surface area contributed by atoms with E-state index in [2.05, 4.69) is 29.9 Å². The van der Waals surface area contributed by atoms with Gasteiger partial charge < -0.3 is 18.9 Å². The SMILES string of the molecule is [Cl][Ru].c1cc(-n2cc(-c3scc4c3OCCO4)cn2)nc(-n2cc(-c3scc4c3OCCO4)cn2)c1.c1ccc(-c2ccccn2)nc1. The minimum absolute atomic E-state index is 0.549. The number of thiophene rings is 2. The van der Waals surface area contributed by atoms with Crippen LogP contribution in [-0.4, -0.2) is 60.9 Å². The van der Waals surface area contributed by atoms with Gasteiger partial charge in [-0.05, 0) is 36.4 Å². The fraction of sp³-hybridized carbons (Fsp3) is 0.121. The molecule has 0 atom stereocenters. The Hall–Kier alpha value is -4.62. The van der Waals surface area contributed by atoms with Gasteiger partial charge in [0.05, 0.1) is 33.5 Å². The van der Waals surface area contributed by atoms with Gasteiger partial charge in [-0.2, -0.15) is 10.2 Å². The van der Waals surface area contributed by atoms with Crippen LogP contribution in [0.3, 0.4) is 0 Å². The predicted octanol–water partition coefficient (Wildman–Crippen LogP) is 7.28. The molecule has 0 radical (unpaired) electrons. The van der Waals surface area contributed by atoms with Crippen molar-refractivity contribution in [3.05, 3.63) is 103 Å². The number of pyridine rings is 3. The first kappa shape index (κ1) is 32.0. The van der Waals surface area contributed by atoms with Crippen molar-refractivity contribution < 1.29 is 36.3 Å². The zero-order valence-corrected chi connectivity index (χ0v) is 29.1. The van der Waals surface area contributed by atoms with Crippen LogP contribution in [-0.2, 0) is 17.3 Å². The van der Waals surface area contributed by atoms with E-state index in [0.717, 1.165) is 55.3 Å². The molecule has 7 aromatic heterocycles. The maximum atomic E-state index is 5.81. The third-order valence-corrected chi connectivity index (χ3v) is 9.05. The van der Waals surface area contributed by atoms with E-state index in [1.165, 1.54) is 0 Å². The van der Waals surface area contributed by atoms with Crippen molar-refractivity contribution in [3.63, 3.8) is 0 Å². The largest absolute Gasteiger partial charge is 0.485 e. The molecule has 0 bridgehead atoms. The van der Waals surface area contributed by atoms with Crippen molar-refractivity contribution in [1.29, 1.82) is 0 Å². The van der Waals surface area contributed by atoms with Crippen LogP contribution in [0.5, 0.6) is 23.0 Å². The van der Waals surface area contributed by atoms with Gasteiger partial charge in [-0.25, -0.2) is 14.3 Å². The van der Waals surface area contributed by atoms with Gasteiger partial charge in [0, 0.05) is 46.7 Å². The van der Waals surface area contributed by atoms with E-state index in [0.29, 0.717) is 38.1 Å². The number of aromatic nitrogens is 7. The molecule has 11 nitrogen and oxygen atoms in total. The molecular formula is C33H25ClN7O4RuS2. The normalized spacial score (nSPS) is 12.7. The molecule has 0 aliphatic carbocycles.